The molecule has 0 radical (unpaired) electrons. The van der Waals surface area contributed by atoms with Gasteiger partial charge in [0.2, 0.25) is 0 Å². The van der Waals surface area contributed by atoms with E-state index in [1.807, 2.05) is 0 Å². The second kappa shape index (κ2) is 3.24. The Morgan fingerprint density at radius 1 is 1.18 bits per heavy atom. The van der Waals surface area contributed by atoms with E-state index in [1.165, 1.54) is 32.1 Å². The van der Waals surface area contributed by atoms with Crippen LogP contribution in [0.15, 0.2) is 0 Å². The van der Waals surface area contributed by atoms with Crippen LogP contribution in [0, 0.1) is 35.0 Å². The third-order valence-corrected chi connectivity index (χ3v) is 5.99. The lowest BCUT2D eigenvalue weighted by molar-refractivity contribution is -0.195. The molecule has 5 fully saturated rings. The van der Waals surface area contributed by atoms with E-state index in [2.05, 4.69) is 18.1 Å². The van der Waals surface area contributed by atoms with Crippen molar-refractivity contribution < 1.29 is 4.84 Å². The van der Waals surface area contributed by atoms with E-state index in [-0.39, 0.29) is 11.5 Å². The molecule has 4 bridgehead atoms. The molecule has 5 rings (SSSR count). The Morgan fingerprint density at radius 3 is 2.53 bits per heavy atom. The van der Waals surface area contributed by atoms with Crippen LogP contribution in [0.1, 0.15) is 39.0 Å². The van der Waals surface area contributed by atoms with Gasteiger partial charge >= 0.3 is 0 Å². The summed E-state index contributed by atoms with van der Waals surface area (Å²) in [5, 5.41) is 11.7. The Hall–Kier alpha value is -0.590. The zero-order chi connectivity index (χ0) is 11.6. The van der Waals surface area contributed by atoms with E-state index in [0.717, 1.165) is 11.8 Å². The zero-order valence-corrected chi connectivity index (χ0v) is 10.4. The highest BCUT2D eigenvalue weighted by molar-refractivity contribution is 5.13. The van der Waals surface area contributed by atoms with Crippen molar-refractivity contribution in [3.05, 3.63) is 0 Å². The lowest BCUT2D eigenvalue weighted by atomic mass is 9.63. The van der Waals surface area contributed by atoms with Gasteiger partial charge in [-0.25, -0.2) is 0 Å². The van der Waals surface area contributed by atoms with Crippen molar-refractivity contribution >= 4 is 0 Å². The van der Waals surface area contributed by atoms with Gasteiger partial charge in [0.25, 0.3) is 0 Å². The molecule has 17 heavy (non-hydrogen) atoms. The first-order valence-electron chi connectivity index (χ1n) is 7.03. The summed E-state index contributed by atoms with van der Waals surface area (Å²) in [7, 11) is 0. The molecule has 2 aliphatic carbocycles. The van der Waals surface area contributed by atoms with E-state index in [0.29, 0.717) is 18.6 Å². The Kier molecular flexibility index (Phi) is 1.97. The average Bonchev–Trinajstić information content (AvgIpc) is 2.59. The summed E-state index contributed by atoms with van der Waals surface area (Å²) in [6.45, 7) is 2.91. The highest BCUT2D eigenvalue weighted by Gasteiger charge is 2.60. The average molecular weight is 232 g/mol. The Morgan fingerprint density at radius 2 is 1.88 bits per heavy atom. The number of nitrogens with zero attached hydrogens (tertiary/aromatic N) is 2. The maximum absolute atomic E-state index is 9.40. The zero-order valence-electron chi connectivity index (χ0n) is 10.4. The van der Waals surface area contributed by atoms with Gasteiger partial charge in [-0.1, -0.05) is 0 Å². The van der Waals surface area contributed by atoms with E-state index in [9.17, 15) is 5.26 Å². The normalized spacial score (nSPS) is 56.6. The maximum atomic E-state index is 9.40. The predicted octanol–water partition coefficient (Wildman–Crippen LogP) is 2.34. The van der Waals surface area contributed by atoms with Crippen LogP contribution in [-0.2, 0) is 4.84 Å². The van der Waals surface area contributed by atoms with Crippen LogP contribution in [0.4, 0.5) is 0 Å². The third kappa shape index (κ3) is 1.18. The van der Waals surface area contributed by atoms with Crippen LogP contribution in [0.5, 0.6) is 0 Å². The van der Waals surface area contributed by atoms with Crippen LogP contribution in [0.2, 0.25) is 0 Å². The Balaban J connectivity index is 1.81. The molecule has 0 amide bonds. The molecule has 3 heteroatoms. The molecule has 3 aliphatic heterocycles. The first-order valence-corrected chi connectivity index (χ1v) is 7.03. The van der Waals surface area contributed by atoms with Crippen LogP contribution < -0.4 is 0 Å². The summed E-state index contributed by atoms with van der Waals surface area (Å²) < 4.78 is 0. The van der Waals surface area contributed by atoms with Crippen molar-refractivity contribution in [2.45, 2.75) is 50.6 Å². The number of nitriles is 1. The molecule has 0 aromatic rings. The van der Waals surface area contributed by atoms with Gasteiger partial charge in [-0.05, 0) is 56.8 Å². The van der Waals surface area contributed by atoms with Crippen LogP contribution >= 0.6 is 0 Å². The van der Waals surface area contributed by atoms with Gasteiger partial charge in [0.1, 0.15) is 0 Å². The largest absolute Gasteiger partial charge is 0.297 e. The highest BCUT2D eigenvalue weighted by atomic mass is 16.7. The topological polar surface area (TPSA) is 36.3 Å². The molecule has 92 valence electrons. The van der Waals surface area contributed by atoms with Gasteiger partial charge in [-0.3, -0.25) is 4.84 Å². The van der Waals surface area contributed by atoms with Crippen LogP contribution in [0.25, 0.3) is 0 Å². The summed E-state index contributed by atoms with van der Waals surface area (Å²) in [4.78, 5) is 5.94. The molecule has 3 saturated heterocycles. The molecule has 2 unspecified atom stereocenters. The number of rotatable bonds is 0. The van der Waals surface area contributed by atoms with Crippen LogP contribution in [-0.4, -0.2) is 23.3 Å². The number of hydroxylamine groups is 2. The van der Waals surface area contributed by atoms with E-state index < -0.39 is 0 Å². The number of hydrogen-bond donors (Lipinski definition) is 0. The third-order valence-electron chi connectivity index (χ3n) is 5.99. The minimum Gasteiger partial charge on any atom is -0.297 e. The summed E-state index contributed by atoms with van der Waals surface area (Å²) >= 11 is 0. The van der Waals surface area contributed by atoms with Gasteiger partial charge in [0.15, 0.2) is 0 Å². The van der Waals surface area contributed by atoms with Crippen molar-refractivity contribution in [1.29, 1.82) is 5.26 Å². The van der Waals surface area contributed by atoms with Crippen molar-refractivity contribution in [2.75, 3.05) is 6.61 Å². The van der Waals surface area contributed by atoms with Gasteiger partial charge in [0, 0.05) is 6.04 Å². The summed E-state index contributed by atoms with van der Waals surface area (Å²) in [6, 6.07) is 3.10. The summed E-state index contributed by atoms with van der Waals surface area (Å²) in [5.74, 6) is 2.57. The predicted molar refractivity (Wildman–Crippen MR) is 62.6 cm³/mol. The first-order chi connectivity index (χ1) is 8.21. The fraction of sp³-hybridized carbons (Fsp3) is 0.929. The smallest absolute Gasteiger partial charge is 0.0923 e. The lowest BCUT2D eigenvalue weighted by Crippen LogP contribution is -2.51. The van der Waals surface area contributed by atoms with E-state index >= 15 is 0 Å². The van der Waals surface area contributed by atoms with Gasteiger partial charge < -0.3 is 0 Å². The summed E-state index contributed by atoms with van der Waals surface area (Å²) in [6.07, 6.45) is 6.72. The van der Waals surface area contributed by atoms with Crippen molar-refractivity contribution in [3.63, 3.8) is 0 Å². The van der Waals surface area contributed by atoms with Crippen molar-refractivity contribution in [3.8, 4) is 6.07 Å². The Labute approximate surface area is 103 Å². The minimum atomic E-state index is 0.00331. The number of hydrogen-bond acceptors (Lipinski definition) is 3. The standard InChI is InChI=1S/C14H20N2O/c1-14-11-3-9-2-10(4-11)6-13(5-9)16(14)17-8-12(14)7-15/h9-13H,2-6,8H2,1H3/t9?,10?,11?,12-,13?,14+/m1/s1. The first kappa shape index (κ1) is 10.3. The molecular formula is C14H20N2O. The van der Waals surface area contributed by atoms with E-state index in [1.54, 1.807) is 0 Å². The molecule has 5 aliphatic rings. The van der Waals surface area contributed by atoms with Crippen molar-refractivity contribution in [1.82, 2.24) is 5.06 Å². The molecule has 4 atom stereocenters. The SMILES string of the molecule is C[C@@]12C3CC4CC(CC(C4)N1OC[C@H]2C#N)C3. The van der Waals surface area contributed by atoms with Crippen molar-refractivity contribution in [2.24, 2.45) is 23.7 Å². The summed E-state index contributed by atoms with van der Waals surface area (Å²) in [5.41, 5.74) is 0.00331. The van der Waals surface area contributed by atoms with Gasteiger partial charge in [0.05, 0.1) is 24.1 Å². The molecule has 3 nitrogen and oxygen atoms in total. The highest BCUT2D eigenvalue weighted by Crippen LogP contribution is 2.57. The van der Waals surface area contributed by atoms with Crippen LogP contribution in [0.3, 0.4) is 0 Å². The second-order valence-electron chi connectivity index (χ2n) is 6.79. The maximum Gasteiger partial charge on any atom is 0.0923 e. The minimum absolute atomic E-state index is 0.00331. The quantitative estimate of drug-likeness (QED) is 0.643. The van der Waals surface area contributed by atoms with E-state index in [4.69, 9.17) is 4.84 Å². The fourth-order valence-corrected chi connectivity index (χ4v) is 5.23. The molecule has 2 saturated carbocycles. The van der Waals surface area contributed by atoms with Gasteiger partial charge in [-0.2, -0.15) is 10.3 Å². The lowest BCUT2D eigenvalue weighted by Gasteiger charge is -2.41. The monoisotopic (exact) mass is 232 g/mol. The molecule has 0 aromatic carbocycles. The molecule has 3 heterocycles. The Bertz CT molecular complexity index is 376. The fourth-order valence-electron chi connectivity index (χ4n) is 5.23. The van der Waals surface area contributed by atoms with Gasteiger partial charge in [-0.15, -0.1) is 0 Å². The molecule has 0 N–H and O–H groups in total. The second-order valence-corrected chi connectivity index (χ2v) is 6.79. The molecule has 0 aromatic heterocycles. The molecule has 0 spiro atoms. The molecular weight excluding hydrogens is 212 g/mol.